The molecule has 6 heteroatoms. The highest BCUT2D eigenvalue weighted by Crippen LogP contribution is 2.25. The van der Waals surface area contributed by atoms with Crippen LogP contribution < -0.4 is 10.2 Å². The van der Waals surface area contributed by atoms with Crippen molar-refractivity contribution >= 4 is 11.7 Å². The van der Waals surface area contributed by atoms with Crippen LogP contribution >= 0.6 is 0 Å². The van der Waals surface area contributed by atoms with E-state index in [0.717, 1.165) is 36.0 Å². The molecule has 2 aromatic heterocycles. The highest BCUT2D eigenvalue weighted by Gasteiger charge is 2.27. The molecule has 0 atom stereocenters. The Kier molecular flexibility index (Phi) is 2.70. The molecule has 2 aliphatic rings. The van der Waals surface area contributed by atoms with Crippen molar-refractivity contribution in [2.75, 3.05) is 18.0 Å². The molecule has 4 rings (SSSR count). The normalized spacial score (nSPS) is 17.2. The average Bonchev–Trinajstić information content (AvgIpc) is 3.20. The fourth-order valence-corrected chi connectivity index (χ4v) is 3.12. The largest absolute Gasteiger partial charge is 0.357 e. The van der Waals surface area contributed by atoms with Crippen LogP contribution in [0.3, 0.4) is 0 Å². The van der Waals surface area contributed by atoms with Gasteiger partial charge < -0.3 is 14.8 Å². The summed E-state index contributed by atoms with van der Waals surface area (Å²) in [5.41, 5.74) is 2.43. The molecule has 0 unspecified atom stereocenters. The maximum atomic E-state index is 11.8. The maximum absolute atomic E-state index is 11.8. The third-order valence-electron chi connectivity index (χ3n) is 4.23. The second-order valence-electron chi connectivity index (χ2n) is 5.57. The SMILES string of the molecule is Cn1c(-c2ccc(N3CCCC3)nc2)nc2c1C(=O)NC2. The van der Waals surface area contributed by atoms with Crippen LogP contribution in [0.1, 0.15) is 29.0 Å². The van der Waals surface area contributed by atoms with Gasteiger partial charge in [0.1, 0.15) is 17.3 Å². The van der Waals surface area contributed by atoms with Gasteiger partial charge in [0.2, 0.25) is 0 Å². The fourth-order valence-electron chi connectivity index (χ4n) is 3.12. The molecule has 1 saturated heterocycles. The lowest BCUT2D eigenvalue weighted by atomic mass is 10.2. The van der Waals surface area contributed by atoms with Crippen LogP contribution in [0.25, 0.3) is 11.4 Å². The molecule has 0 radical (unpaired) electrons. The highest BCUT2D eigenvalue weighted by atomic mass is 16.2. The summed E-state index contributed by atoms with van der Waals surface area (Å²) in [4.78, 5) is 23.2. The average molecular weight is 283 g/mol. The number of carbonyl (C=O) groups is 1. The number of fused-ring (bicyclic) bond motifs is 1. The van der Waals surface area contributed by atoms with Crippen molar-refractivity contribution < 1.29 is 4.79 Å². The topological polar surface area (TPSA) is 63.1 Å². The highest BCUT2D eigenvalue weighted by molar-refractivity contribution is 5.97. The van der Waals surface area contributed by atoms with Gasteiger partial charge >= 0.3 is 0 Å². The minimum absolute atomic E-state index is 0.0482. The number of hydrogen-bond donors (Lipinski definition) is 1. The number of imidazole rings is 1. The van der Waals surface area contributed by atoms with Crippen molar-refractivity contribution in [2.45, 2.75) is 19.4 Å². The summed E-state index contributed by atoms with van der Waals surface area (Å²) in [7, 11) is 1.88. The van der Waals surface area contributed by atoms with E-state index in [1.165, 1.54) is 12.8 Å². The number of rotatable bonds is 2. The van der Waals surface area contributed by atoms with Gasteiger partial charge in [-0.2, -0.15) is 0 Å². The standard InChI is InChI=1S/C15H17N5O/c1-19-13-11(9-17-15(13)21)18-14(19)10-4-5-12(16-8-10)20-6-2-3-7-20/h4-5,8H,2-3,6-7,9H2,1H3,(H,17,21). The zero-order valence-corrected chi connectivity index (χ0v) is 12.0. The first kappa shape index (κ1) is 12.4. The Labute approximate surface area is 122 Å². The van der Waals surface area contributed by atoms with E-state index in [2.05, 4.69) is 20.2 Å². The summed E-state index contributed by atoms with van der Waals surface area (Å²) < 4.78 is 1.85. The van der Waals surface area contributed by atoms with Crippen molar-refractivity contribution in [1.82, 2.24) is 19.9 Å². The Bertz CT molecular complexity index is 698. The van der Waals surface area contributed by atoms with Gasteiger partial charge in [-0.3, -0.25) is 4.79 Å². The molecule has 0 spiro atoms. The lowest BCUT2D eigenvalue weighted by Gasteiger charge is -2.16. The molecule has 1 N–H and O–H groups in total. The number of amides is 1. The van der Waals surface area contributed by atoms with Crippen LogP contribution in [0, 0.1) is 0 Å². The summed E-state index contributed by atoms with van der Waals surface area (Å²) in [6, 6.07) is 4.08. The van der Waals surface area contributed by atoms with Crippen LogP contribution in [0.4, 0.5) is 5.82 Å². The molecule has 0 aromatic carbocycles. The van der Waals surface area contributed by atoms with Gasteiger partial charge in [-0.15, -0.1) is 0 Å². The van der Waals surface area contributed by atoms with Crippen molar-refractivity contribution in [3.63, 3.8) is 0 Å². The Morgan fingerprint density at radius 3 is 2.71 bits per heavy atom. The number of carbonyl (C=O) groups excluding carboxylic acids is 1. The van der Waals surface area contributed by atoms with E-state index in [1.807, 2.05) is 29.9 Å². The van der Waals surface area contributed by atoms with E-state index >= 15 is 0 Å². The summed E-state index contributed by atoms with van der Waals surface area (Å²) in [6.07, 6.45) is 4.33. The molecule has 21 heavy (non-hydrogen) atoms. The number of pyridine rings is 1. The smallest absolute Gasteiger partial charge is 0.270 e. The molecule has 0 bridgehead atoms. The van der Waals surface area contributed by atoms with Gasteiger partial charge in [-0.25, -0.2) is 9.97 Å². The third kappa shape index (κ3) is 1.90. The molecule has 6 nitrogen and oxygen atoms in total. The molecule has 2 aliphatic heterocycles. The summed E-state index contributed by atoms with van der Waals surface area (Å²) in [6.45, 7) is 2.69. The van der Waals surface area contributed by atoms with Gasteiger partial charge in [-0.1, -0.05) is 0 Å². The van der Waals surface area contributed by atoms with Gasteiger partial charge in [-0.05, 0) is 25.0 Å². The fraction of sp³-hybridized carbons (Fsp3) is 0.400. The van der Waals surface area contributed by atoms with Crippen LogP contribution in [0.5, 0.6) is 0 Å². The molecule has 1 amide bonds. The molecule has 0 saturated carbocycles. The zero-order valence-electron chi connectivity index (χ0n) is 12.0. The molecule has 0 aliphatic carbocycles. The Morgan fingerprint density at radius 2 is 2.05 bits per heavy atom. The lowest BCUT2D eigenvalue weighted by Crippen LogP contribution is -2.18. The zero-order chi connectivity index (χ0) is 14.4. The van der Waals surface area contributed by atoms with E-state index in [9.17, 15) is 4.79 Å². The van der Waals surface area contributed by atoms with E-state index in [0.29, 0.717) is 12.2 Å². The second-order valence-corrected chi connectivity index (χ2v) is 5.57. The quantitative estimate of drug-likeness (QED) is 0.903. The third-order valence-corrected chi connectivity index (χ3v) is 4.23. The Balaban J connectivity index is 1.68. The second kappa shape index (κ2) is 4.58. The first-order valence-corrected chi connectivity index (χ1v) is 7.29. The number of hydrogen-bond acceptors (Lipinski definition) is 4. The Morgan fingerprint density at radius 1 is 1.24 bits per heavy atom. The summed E-state index contributed by atoms with van der Waals surface area (Å²) in [5, 5.41) is 2.79. The predicted octanol–water partition coefficient (Wildman–Crippen LogP) is 1.33. The predicted molar refractivity (Wildman–Crippen MR) is 79.1 cm³/mol. The number of aromatic nitrogens is 3. The van der Waals surface area contributed by atoms with Crippen LogP contribution in [0.15, 0.2) is 18.3 Å². The Hall–Kier alpha value is -2.37. The molecule has 4 heterocycles. The first-order valence-electron chi connectivity index (χ1n) is 7.29. The number of nitrogens with zero attached hydrogens (tertiary/aromatic N) is 4. The van der Waals surface area contributed by atoms with E-state index in [1.54, 1.807) is 0 Å². The van der Waals surface area contributed by atoms with Crippen LogP contribution in [0.2, 0.25) is 0 Å². The molecular formula is C15H17N5O. The van der Waals surface area contributed by atoms with Crippen molar-refractivity contribution in [1.29, 1.82) is 0 Å². The molecule has 108 valence electrons. The molecule has 2 aromatic rings. The monoisotopic (exact) mass is 283 g/mol. The van der Waals surface area contributed by atoms with E-state index in [-0.39, 0.29) is 5.91 Å². The van der Waals surface area contributed by atoms with Gasteiger partial charge in [0.05, 0.1) is 12.2 Å². The van der Waals surface area contributed by atoms with Gasteiger partial charge in [0.25, 0.3) is 5.91 Å². The minimum Gasteiger partial charge on any atom is -0.357 e. The van der Waals surface area contributed by atoms with E-state index < -0.39 is 0 Å². The first-order chi connectivity index (χ1) is 10.2. The maximum Gasteiger partial charge on any atom is 0.270 e. The van der Waals surface area contributed by atoms with Gasteiger partial charge in [0.15, 0.2) is 0 Å². The number of anilines is 1. The van der Waals surface area contributed by atoms with Gasteiger partial charge in [0, 0.05) is 31.9 Å². The molecular weight excluding hydrogens is 266 g/mol. The minimum atomic E-state index is -0.0482. The van der Waals surface area contributed by atoms with Crippen LogP contribution in [-0.2, 0) is 13.6 Å². The molecule has 1 fully saturated rings. The van der Waals surface area contributed by atoms with Crippen molar-refractivity contribution in [2.24, 2.45) is 7.05 Å². The number of nitrogens with one attached hydrogen (secondary N) is 1. The summed E-state index contributed by atoms with van der Waals surface area (Å²) >= 11 is 0. The summed E-state index contributed by atoms with van der Waals surface area (Å²) in [5.74, 6) is 1.78. The van der Waals surface area contributed by atoms with Crippen molar-refractivity contribution in [3.8, 4) is 11.4 Å². The lowest BCUT2D eigenvalue weighted by molar-refractivity contribution is 0.0958. The van der Waals surface area contributed by atoms with Crippen LogP contribution in [-0.4, -0.2) is 33.5 Å². The van der Waals surface area contributed by atoms with E-state index in [4.69, 9.17) is 0 Å². The van der Waals surface area contributed by atoms with Crippen molar-refractivity contribution in [3.05, 3.63) is 29.7 Å².